The highest BCUT2D eigenvalue weighted by Gasteiger charge is 2.13. The predicted molar refractivity (Wildman–Crippen MR) is 58.5 cm³/mol. The molecular formula is C9H15N5. The highest BCUT2D eigenvalue weighted by molar-refractivity contribution is 5.99. The van der Waals surface area contributed by atoms with Crippen LogP contribution in [0.3, 0.4) is 0 Å². The van der Waals surface area contributed by atoms with Crippen molar-refractivity contribution in [2.75, 3.05) is 7.05 Å². The Morgan fingerprint density at radius 1 is 1.64 bits per heavy atom. The van der Waals surface area contributed by atoms with Crippen molar-refractivity contribution in [3.8, 4) is 0 Å². The van der Waals surface area contributed by atoms with Crippen LogP contribution in [0.4, 0.5) is 5.82 Å². The number of amidine groups is 1. The molecule has 0 aliphatic carbocycles. The lowest BCUT2D eigenvalue weighted by Gasteiger charge is -2.08. The van der Waals surface area contributed by atoms with E-state index in [-0.39, 0.29) is 6.04 Å². The second kappa shape index (κ2) is 4.04. The summed E-state index contributed by atoms with van der Waals surface area (Å²) in [6.45, 7) is 7.58. The Balaban J connectivity index is 3.27. The minimum Gasteiger partial charge on any atom is -0.382 e. The second-order valence-electron chi connectivity index (χ2n) is 3.18. The van der Waals surface area contributed by atoms with E-state index in [0.717, 1.165) is 0 Å². The number of hydrogen-bond acceptors (Lipinski definition) is 3. The molecule has 2 N–H and O–H groups in total. The summed E-state index contributed by atoms with van der Waals surface area (Å²) in [7, 11) is 1.62. The average molecular weight is 193 g/mol. The standard InChI is InChI=1S/C9H15N5/c1-6(2)14-5-13-7(8(10)11-3)9(14)12-4/h5-6H,4H2,1-3H3,(H2,10,11). The minimum absolute atomic E-state index is 0.279. The maximum absolute atomic E-state index is 5.67. The van der Waals surface area contributed by atoms with Crippen LogP contribution in [0.2, 0.25) is 0 Å². The summed E-state index contributed by atoms with van der Waals surface area (Å²) in [6.07, 6.45) is 1.70. The highest BCUT2D eigenvalue weighted by Crippen LogP contribution is 2.21. The van der Waals surface area contributed by atoms with Crippen molar-refractivity contribution in [2.45, 2.75) is 19.9 Å². The number of aromatic nitrogens is 2. The van der Waals surface area contributed by atoms with Crippen molar-refractivity contribution >= 4 is 18.4 Å². The molecule has 0 aliphatic heterocycles. The van der Waals surface area contributed by atoms with Crippen molar-refractivity contribution < 1.29 is 0 Å². The molecule has 1 rings (SSSR count). The fourth-order valence-electron chi connectivity index (χ4n) is 1.18. The van der Waals surface area contributed by atoms with Crippen molar-refractivity contribution in [2.24, 2.45) is 15.7 Å². The zero-order valence-corrected chi connectivity index (χ0v) is 8.73. The van der Waals surface area contributed by atoms with Gasteiger partial charge in [0.15, 0.2) is 5.82 Å². The normalized spacial score (nSPS) is 12.1. The summed E-state index contributed by atoms with van der Waals surface area (Å²) in [5, 5.41) is 0. The number of hydrogen-bond donors (Lipinski definition) is 1. The molecule has 5 nitrogen and oxygen atoms in total. The van der Waals surface area contributed by atoms with Crippen LogP contribution >= 0.6 is 0 Å². The van der Waals surface area contributed by atoms with E-state index in [2.05, 4.69) is 21.7 Å². The molecule has 0 unspecified atom stereocenters. The van der Waals surface area contributed by atoms with Gasteiger partial charge in [0.25, 0.3) is 0 Å². The van der Waals surface area contributed by atoms with E-state index in [1.807, 2.05) is 18.4 Å². The molecule has 1 aromatic rings. The zero-order chi connectivity index (χ0) is 10.7. The first kappa shape index (κ1) is 10.4. The number of nitrogens with two attached hydrogens (primary N) is 1. The fraction of sp³-hybridized carbons (Fsp3) is 0.444. The van der Waals surface area contributed by atoms with Gasteiger partial charge in [-0.2, -0.15) is 0 Å². The first-order valence-electron chi connectivity index (χ1n) is 4.38. The Bertz CT molecular complexity index is 361. The number of rotatable bonds is 3. The molecule has 76 valence electrons. The Labute approximate surface area is 83.4 Å². The smallest absolute Gasteiger partial charge is 0.163 e. The van der Waals surface area contributed by atoms with Crippen LogP contribution < -0.4 is 5.73 Å². The van der Waals surface area contributed by atoms with E-state index in [0.29, 0.717) is 17.3 Å². The molecule has 1 heterocycles. The molecule has 0 spiro atoms. The van der Waals surface area contributed by atoms with E-state index in [1.165, 1.54) is 0 Å². The molecule has 0 radical (unpaired) electrons. The molecule has 0 aliphatic rings. The summed E-state index contributed by atoms with van der Waals surface area (Å²) in [6, 6.07) is 0.279. The van der Waals surface area contributed by atoms with Gasteiger partial charge >= 0.3 is 0 Å². The van der Waals surface area contributed by atoms with Gasteiger partial charge in [0.2, 0.25) is 0 Å². The SMILES string of the molecule is C=Nc1c(/C(N)=N\C)ncn1C(C)C. The third-order valence-corrected chi connectivity index (χ3v) is 1.96. The van der Waals surface area contributed by atoms with Gasteiger partial charge in [0.05, 0.1) is 6.33 Å². The first-order chi connectivity index (χ1) is 6.61. The quantitative estimate of drug-likeness (QED) is 0.577. The largest absolute Gasteiger partial charge is 0.382 e. The van der Waals surface area contributed by atoms with Crippen molar-refractivity contribution in [3.63, 3.8) is 0 Å². The third kappa shape index (κ3) is 1.66. The van der Waals surface area contributed by atoms with Gasteiger partial charge in [-0.05, 0) is 20.6 Å². The van der Waals surface area contributed by atoms with Crippen molar-refractivity contribution in [1.82, 2.24) is 9.55 Å². The first-order valence-corrected chi connectivity index (χ1v) is 4.38. The van der Waals surface area contributed by atoms with Crippen molar-refractivity contribution in [1.29, 1.82) is 0 Å². The summed E-state index contributed by atoms with van der Waals surface area (Å²) in [5.41, 5.74) is 6.26. The minimum atomic E-state index is 0.279. The highest BCUT2D eigenvalue weighted by atomic mass is 15.2. The Morgan fingerprint density at radius 2 is 2.29 bits per heavy atom. The average Bonchev–Trinajstić information content (AvgIpc) is 2.59. The van der Waals surface area contributed by atoms with Crippen LogP contribution in [0.1, 0.15) is 25.6 Å². The zero-order valence-electron chi connectivity index (χ0n) is 8.73. The fourth-order valence-corrected chi connectivity index (χ4v) is 1.18. The van der Waals surface area contributed by atoms with Crippen LogP contribution in [0.25, 0.3) is 0 Å². The third-order valence-electron chi connectivity index (χ3n) is 1.96. The molecule has 0 amide bonds. The molecule has 0 bridgehead atoms. The lowest BCUT2D eigenvalue weighted by molar-refractivity contribution is 0.604. The van der Waals surface area contributed by atoms with Gasteiger partial charge in [-0.3, -0.25) is 4.99 Å². The molecule has 14 heavy (non-hydrogen) atoms. The maximum atomic E-state index is 5.67. The molecule has 1 aromatic heterocycles. The Hall–Kier alpha value is -1.65. The maximum Gasteiger partial charge on any atom is 0.163 e. The van der Waals surface area contributed by atoms with Crippen LogP contribution in [0.5, 0.6) is 0 Å². The summed E-state index contributed by atoms with van der Waals surface area (Å²) >= 11 is 0. The van der Waals surface area contributed by atoms with Gasteiger partial charge in [-0.15, -0.1) is 0 Å². The monoisotopic (exact) mass is 193 g/mol. The molecule has 0 fully saturated rings. The molecule has 0 saturated carbocycles. The van der Waals surface area contributed by atoms with Crippen LogP contribution in [-0.2, 0) is 0 Å². The summed E-state index contributed by atoms with van der Waals surface area (Å²) < 4.78 is 1.90. The molecule has 0 atom stereocenters. The van der Waals surface area contributed by atoms with Crippen LogP contribution in [-0.4, -0.2) is 29.2 Å². The van der Waals surface area contributed by atoms with E-state index in [9.17, 15) is 0 Å². The van der Waals surface area contributed by atoms with Gasteiger partial charge in [-0.25, -0.2) is 9.98 Å². The van der Waals surface area contributed by atoms with E-state index in [1.54, 1.807) is 13.4 Å². The summed E-state index contributed by atoms with van der Waals surface area (Å²) in [5.74, 6) is 1.05. The molecule has 5 heteroatoms. The van der Waals surface area contributed by atoms with Crippen LogP contribution in [0.15, 0.2) is 16.3 Å². The van der Waals surface area contributed by atoms with Gasteiger partial charge in [-0.1, -0.05) is 0 Å². The lowest BCUT2D eigenvalue weighted by atomic mass is 10.3. The van der Waals surface area contributed by atoms with Gasteiger partial charge in [0.1, 0.15) is 11.5 Å². The number of aliphatic imine (C=N–C) groups is 2. The molecule has 0 saturated heterocycles. The second-order valence-corrected chi connectivity index (χ2v) is 3.18. The Kier molecular flexibility index (Phi) is 3.01. The Morgan fingerprint density at radius 3 is 2.71 bits per heavy atom. The van der Waals surface area contributed by atoms with Gasteiger partial charge < -0.3 is 10.3 Å². The van der Waals surface area contributed by atoms with E-state index in [4.69, 9.17) is 5.73 Å². The van der Waals surface area contributed by atoms with E-state index < -0.39 is 0 Å². The van der Waals surface area contributed by atoms with Crippen LogP contribution in [0, 0.1) is 0 Å². The number of nitrogens with zero attached hydrogens (tertiary/aromatic N) is 4. The van der Waals surface area contributed by atoms with Gasteiger partial charge in [0, 0.05) is 13.1 Å². The number of imidazole rings is 1. The molecular weight excluding hydrogens is 178 g/mol. The predicted octanol–water partition coefficient (Wildman–Crippen LogP) is 1.13. The van der Waals surface area contributed by atoms with E-state index >= 15 is 0 Å². The summed E-state index contributed by atoms with van der Waals surface area (Å²) in [4.78, 5) is 11.9. The molecule has 0 aromatic carbocycles. The topological polar surface area (TPSA) is 68.6 Å². The van der Waals surface area contributed by atoms with Crippen molar-refractivity contribution in [3.05, 3.63) is 12.0 Å². The lowest BCUT2D eigenvalue weighted by Crippen LogP contribution is -2.14.